The molecule has 15 heavy (non-hydrogen) atoms. The minimum absolute atomic E-state index is 0.600. The summed E-state index contributed by atoms with van der Waals surface area (Å²) in [5.74, 6) is 1.72. The van der Waals surface area contributed by atoms with Gasteiger partial charge in [0.2, 0.25) is 0 Å². The van der Waals surface area contributed by atoms with E-state index in [9.17, 15) is 0 Å². The van der Waals surface area contributed by atoms with Gasteiger partial charge < -0.3 is 5.32 Å². The predicted molar refractivity (Wildman–Crippen MR) is 61.5 cm³/mol. The zero-order valence-electron chi connectivity index (χ0n) is 9.41. The Bertz CT molecular complexity index is 394. The van der Waals surface area contributed by atoms with Crippen LogP contribution in [0.4, 0.5) is 5.82 Å². The molecule has 80 valence electrons. The molecule has 0 aromatic carbocycles. The van der Waals surface area contributed by atoms with Crippen LogP contribution in [0.5, 0.6) is 0 Å². The van der Waals surface area contributed by atoms with Crippen LogP contribution in [0.1, 0.15) is 31.2 Å². The van der Waals surface area contributed by atoms with Crippen molar-refractivity contribution in [3.63, 3.8) is 0 Å². The lowest BCUT2D eigenvalue weighted by Gasteiger charge is -2.09. The molecule has 0 aliphatic heterocycles. The first-order valence-corrected chi connectivity index (χ1v) is 5.24. The third kappa shape index (κ3) is 2.32. The molecule has 1 aliphatic rings. The van der Waals surface area contributed by atoms with Crippen LogP contribution in [0.2, 0.25) is 0 Å². The zero-order valence-corrected chi connectivity index (χ0v) is 9.41. The van der Waals surface area contributed by atoms with Crippen LogP contribution in [-0.4, -0.2) is 28.8 Å². The fraction of sp³-hybridized carbons (Fsp3) is 0.545. The van der Waals surface area contributed by atoms with Crippen molar-refractivity contribution >= 4 is 11.5 Å². The van der Waals surface area contributed by atoms with Gasteiger partial charge in [0, 0.05) is 25.0 Å². The molecule has 1 N–H and O–H groups in total. The Labute approximate surface area is 89.9 Å². The summed E-state index contributed by atoms with van der Waals surface area (Å²) in [5.41, 5.74) is 1.98. The first kappa shape index (κ1) is 10.1. The van der Waals surface area contributed by atoms with Crippen molar-refractivity contribution in [3.05, 3.63) is 17.6 Å². The molecule has 0 saturated heterocycles. The molecule has 1 heterocycles. The maximum absolute atomic E-state index is 4.42. The van der Waals surface area contributed by atoms with E-state index in [0.29, 0.717) is 6.04 Å². The first-order chi connectivity index (χ1) is 7.20. The van der Waals surface area contributed by atoms with Crippen molar-refractivity contribution in [2.45, 2.75) is 32.7 Å². The van der Waals surface area contributed by atoms with Gasteiger partial charge in [-0.15, -0.1) is 0 Å². The summed E-state index contributed by atoms with van der Waals surface area (Å²) in [6.45, 7) is 3.88. The largest absolute Gasteiger partial charge is 0.367 e. The average Bonchev–Trinajstić information content (AvgIpc) is 3.01. The molecule has 1 saturated carbocycles. The van der Waals surface area contributed by atoms with E-state index in [-0.39, 0.29) is 0 Å². The van der Waals surface area contributed by atoms with E-state index in [2.05, 4.69) is 20.3 Å². The monoisotopic (exact) mass is 204 g/mol. The van der Waals surface area contributed by atoms with Gasteiger partial charge in [-0.3, -0.25) is 4.99 Å². The number of nitrogens with zero attached hydrogens (tertiary/aromatic N) is 3. The van der Waals surface area contributed by atoms with Crippen LogP contribution in [0.3, 0.4) is 0 Å². The van der Waals surface area contributed by atoms with Crippen LogP contribution < -0.4 is 5.32 Å². The van der Waals surface area contributed by atoms with Crippen LogP contribution in [0.25, 0.3) is 0 Å². The van der Waals surface area contributed by atoms with Crippen molar-refractivity contribution in [1.82, 2.24) is 9.97 Å². The maximum atomic E-state index is 4.42. The van der Waals surface area contributed by atoms with E-state index in [4.69, 9.17) is 0 Å². The van der Waals surface area contributed by atoms with Crippen molar-refractivity contribution in [3.8, 4) is 0 Å². The molecular weight excluding hydrogens is 188 g/mol. The highest BCUT2D eigenvalue weighted by Crippen LogP contribution is 2.25. The summed E-state index contributed by atoms with van der Waals surface area (Å²) >= 11 is 0. The second-order valence-electron chi connectivity index (χ2n) is 3.91. The number of rotatable bonds is 3. The van der Waals surface area contributed by atoms with E-state index < -0.39 is 0 Å². The van der Waals surface area contributed by atoms with Crippen LogP contribution >= 0.6 is 0 Å². The molecule has 1 aliphatic carbocycles. The highest BCUT2D eigenvalue weighted by Gasteiger charge is 2.23. The van der Waals surface area contributed by atoms with Gasteiger partial charge in [0.25, 0.3) is 0 Å². The lowest BCUT2D eigenvalue weighted by atomic mass is 10.2. The van der Waals surface area contributed by atoms with Crippen LogP contribution in [0, 0.1) is 6.92 Å². The van der Waals surface area contributed by atoms with Gasteiger partial charge in [-0.05, 0) is 26.7 Å². The third-order valence-corrected chi connectivity index (χ3v) is 2.55. The zero-order chi connectivity index (χ0) is 10.8. The van der Waals surface area contributed by atoms with Gasteiger partial charge in [0.15, 0.2) is 0 Å². The van der Waals surface area contributed by atoms with E-state index in [1.807, 2.05) is 20.0 Å². The summed E-state index contributed by atoms with van der Waals surface area (Å²) in [6.07, 6.45) is 4.32. The lowest BCUT2D eigenvalue weighted by Crippen LogP contribution is -2.10. The van der Waals surface area contributed by atoms with Crippen LogP contribution in [-0.2, 0) is 0 Å². The van der Waals surface area contributed by atoms with Crippen molar-refractivity contribution in [2.24, 2.45) is 4.99 Å². The Morgan fingerprint density at radius 2 is 2.27 bits per heavy atom. The molecule has 4 nitrogen and oxygen atoms in total. The normalized spacial score (nSPS) is 16.6. The van der Waals surface area contributed by atoms with Gasteiger partial charge in [-0.1, -0.05) is 0 Å². The number of aromatic nitrogens is 2. The summed E-state index contributed by atoms with van der Waals surface area (Å²) in [7, 11) is 1.79. The summed E-state index contributed by atoms with van der Waals surface area (Å²) < 4.78 is 0. The highest BCUT2D eigenvalue weighted by molar-refractivity contribution is 6.02. The number of anilines is 1. The van der Waals surface area contributed by atoms with Gasteiger partial charge in [-0.2, -0.15) is 0 Å². The smallest absolute Gasteiger partial charge is 0.139 e. The standard InChI is InChI=1S/C11H16N4/c1-7(12-3)10-6-13-8(2)14-11(10)15-9-4-5-9/h6,9H,4-5H2,1-3H3,(H,13,14,15). The Hall–Kier alpha value is -1.45. The minimum atomic E-state index is 0.600. The number of aliphatic imine (C=N–C) groups is 1. The Balaban J connectivity index is 2.33. The highest BCUT2D eigenvalue weighted by atomic mass is 15.1. The summed E-state index contributed by atoms with van der Waals surface area (Å²) in [4.78, 5) is 12.8. The van der Waals surface area contributed by atoms with Crippen molar-refractivity contribution < 1.29 is 0 Å². The SMILES string of the molecule is CN=C(C)c1cnc(C)nc1NC1CC1. The molecule has 1 aromatic rings. The predicted octanol–water partition coefficient (Wildman–Crippen LogP) is 1.80. The lowest BCUT2D eigenvalue weighted by molar-refractivity contribution is 1.02. The fourth-order valence-corrected chi connectivity index (χ4v) is 1.39. The number of hydrogen-bond acceptors (Lipinski definition) is 4. The van der Waals surface area contributed by atoms with Gasteiger partial charge in [0.1, 0.15) is 11.6 Å². The molecule has 0 atom stereocenters. The second-order valence-corrected chi connectivity index (χ2v) is 3.91. The molecule has 0 amide bonds. The maximum Gasteiger partial charge on any atom is 0.139 e. The molecular formula is C11H16N4. The second kappa shape index (κ2) is 3.96. The number of hydrogen-bond donors (Lipinski definition) is 1. The average molecular weight is 204 g/mol. The topological polar surface area (TPSA) is 50.2 Å². The van der Waals surface area contributed by atoms with Crippen molar-refractivity contribution in [2.75, 3.05) is 12.4 Å². The molecule has 4 heteroatoms. The number of nitrogens with one attached hydrogen (secondary N) is 1. The third-order valence-electron chi connectivity index (χ3n) is 2.55. The summed E-state index contributed by atoms with van der Waals surface area (Å²) in [6, 6.07) is 0.600. The van der Waals surface area contributed by atoms with E-state index in [0.717, 1.165) is 22.9 Å². The van der Waals surface area contributed by atoms with E-state index in [1.165, 1.54) is 12.8 Å². The van der Waals surface area contributed by atoms with Gasteiger partial charge >= 0.3 is 0 Å². The Kier molecular flexibility index (Phi) is 2.66. The van der Waals surface area contributed by atoms with Gasteiger partial charge in [0.05, 0.1) is 5.56 Å². The van der Waals surface area contributed by atoms with Gasteiger partial charge in [-0.25, -0.2) is 9.97 Å². The van der Waals surface area contributed by atoms with E-state index >= 15 is 0 Å². The van der Waals surface area contributed by atoms with E-state index in [1.54, 1.807) is 7.05 Å². The molecule has 1 fully saturated rings. The molecule has 0 bridgehead atoms. The molecule has 1 aromatic heterocycles. The van der Waals surface area contributed by atoms with Crippen molar-refractivity contribution in [1.29, 1.82) is 0 Å². The fourth-order valence-electron chi connectivity index (χ4n) is 1.39. The molecule has 0 radical (unpaired) electrons. The Morgan fingerprint density at radius 3 is 2.87 bits per heavy atom. The first-order valence-electron chi connectivity index (χ1n) is 5.24. The molecule has 0 spiro atoms. The molecule has 2 rings (SSSR count). The summed E-state index contributed by atoms with van der Waals surface area (Å²) in [5, 5.41) is 3.41. The Morgan fingerprint density at radius 1 is 1.53 bits per heavy atom. The number of aryl methyl sites for hydroxylation is 1. The van der Waals surface area contributed by atoms with Crippen LogP contribution in [0.15, 0.2) is 11.2 Å². The molecule has 0 unspecified atom stereocenters. The minimum Gasteiger partial charge on any atom is -0.367 e. The quantitative estimate of drug-likeness (QED) is 0.764.